The number of unbranched alkanes of at least 4 members (excludes halogenated alkanes) is 1. The highest BCUT2D eigenvalue weighted by molar-refractivity contribution is 8.22. The lowest BCUT2D eigenvalue weighted by Crippen LogP contribution is -2.67. The van der Waals surface area contributed by atoms with Gasteiger partial charge in [0, 0.05) is 13.0 Å². The Balaban J connectivity index is 1.38. The van der Waals surface area contributed by atoms with Gasteiger partial charge in [-0.3, -0.25) is 0 Å². The lowest BCUT2D eigenvalue weighted by molar-refractivity contribution is -0.267. The highest BCUT2D eigenvalue weighted by Crippen LogP contribution is 2.50. The van der Waals surface area contributed by atoms with Crippen LogP contribution >= 0.6 is 24.0 Å². The maximum absolute atomic E-state index is 7.31. The number of fused-ring (bicyclic) bond motifs is 1. The third kappa shape index (κ3) is 7.79. The van der Waals surface area contributed by atoms with Crippen molar-refractivity contribution in [1.29, 1.82) is 0 Å². The van der Waals surface area contributed by atoms with Gasteiger partial charge in [0.2, 0.25) is 10.2 Å². The Morgan fingerprint density at radius 3 is 2.02 bits per heavy atom. The molecule has 0 spiro atoms. The number of thiocarbonyl (C=S) groups is 1. The Kier molecular flexibility index (Phi) is 11.5. The number of ether oxygens (including phenoxy) is 5. The minimum absolute atomic E-state index is 0.179. The molecule has 0 bridgehead atoms. The quantitative estimate of drug-likeness (QED) is 0.107. The molecular weight excluding hydrogens is 633 g/mol. The highest BCUT2D eigenvalue weighted by atomic mass is 32.2. The van der Waals surface area contributed by atoms with Crippen molar-refractivity contribution in [2.24, 2.45) is 0 Å². The van der Waals surface area contributed by atoms with Crippen molar-refractivity contribution >= 4 is 47.1 Å². The van der Waals surface area contributed by atoms with E-state index in [2.05, 4.69) is 93.6 Å². The molecule has 0 unspecified atom stereocenters. The molecular formula is C37H48O6S2Si. The number of hydrogen-bond donors (Lipinski definition) is 0. The molecule has 0 radical (unpaired) electrons. The summed E-state index contributed by atoms with van der Waals surface area (Å²) in [6, 6.07) is 31.5. The molecule has 2 heterocycles. The van der Waals surface area contributed by atoms with Gasteiger partial charge in [-0.15, -0.1) is 0 Å². The zero-order valence-corrected chi connectivity index (χ0v) is 30.5. The van der Waals surface area contributed by atoms with Crippen LogP contribution in [0.3, 0.4) is 0 Å². The molecule has 3 aromatic rings. The van der Waals surface area contributed by atoms with E-state index in [0.717, 1.165) is 12.8 Å². The molecule has 2 aliphatic rings. The first-order valence-electron chi connectivity index (χ1n) is 16.2. The number of benzene rings is 3. The normalized spacial score (nSPS) is 24.1. The molecule has 0 aliphatic carbocycles. The minimum atomic E-state index is -2.82. The van der Waals surface area contributed by atoms with E-state index in [1.54, 1.807) is 0 Å². The SMILES string of the molecule is CSC(=S)O[C@@H]1[C@H](CO[Si](c2ccccc2)(c2ccccc2)C(C)(C)C)O[C@@]2(CCCCOCc3ccccc3)OC(C)(C)O[C@@H]12. The number of hydrogen-bond acceptors (Lipinski definition) is 8. The molecule has 0 amide bonds. The van der Waals surface area contributed by atoms with E-state index in [0.29, 0.717) is 30.6 Å². The van der Waals surface area contributed by atoms with Crippen LogP contribution in [-0.4, -0.2) is 62.1 Å². The van der Waals surface area contributed by atoms with Gasteiger partial charge in [0.1, 0.15) is 6.10 Å². The number of thioether (sulfide) groups is 1. The van der Waals surface area contributed by atoms with Crippen LogP contribution < -0.4 is 10.4 Å². The standard InChI is InChI=1S/C37H48O6S2Si/c1-35(2,3)46(29-20-12-8-13-21-29,30-22-14-9-15-23-30)39-27-31-32(40-34(44)45-6)33-37(41-31,43-36(4,5)42-33)24-16-17-25-38-26-28-18-10-7-11-19-28/h7-15,18-23,31-33H,16-17,24-27H2,1-6H3/t31-,32+,33-,37-/m0/s1. The van der Waals surface area contributed by atoms with E-state index < -0.39 is 38.2 Å². The molecule has 248 valence electrons. The Morgan fingerprint density at radius 2 is 1.46 bits per heavy atom. The Hall–Kier alpha value is -2.08. The van der Waals surface area contributed by atoms with E-state index in [9.17, 15) is 0 Å². The molecule has 6 nitrogen and oxygen atoms in total. The maximum Gasteiger partial charge on any atom is 0.261 e. The van der Waals surface area contributed by atoms with Crippen LogP contribution in [0.5, 0.6) is 0 Å². The van der Waals surface area contributed by atoms with E-state index in [1.165, 1.54) is 27.7 Å². The summed E-state index contributed by atoms with van der Waals surface area (Å²) in [4.78, 5) is 0. The van der Waals surface area contributed by atoms with Crippen LogP contribution in [0.15, 0.2) is 91.0 Å². The zero-order chi connectivity index (χ0) is 32.8. The molecule has 4 atom stereocenters. The average molecular weight is 681 g/mol. The van der Waals surface area contributed by atoms with Gasteiger partial charge in [-0.25, -0.2) is 0 Å². The smallest absolute Gasteiger partial charge is 0.261 e. The van der Waals surface area contributed by atoms with E-state index in [-0.39, 0.29) is 5.04 Å². The molecule has 0 N–H and O–H groups in total. The second-order valence-electron chi connectivity index (χ2n) is 13.5. The predicted octanol–water partition coefficient (Wildman–Crippen LogP) is 7.23. The van der Waals surface area contributed by atoms with Crippen LogP contribution in [-0.2, 0) is 34.7 Å². The Labute approximate surface area is 285 Å². The van der Waals surface area contributed by atoms with Crippen molar-refractivity contribution in [3.8, 4) is 0 Å². The largest absolute Gasteiger partial charge is 0.469 e. The van der Waals surface area contributed by atoms with Crippen molar-refractivity contribution < 1.29 is 28.1 Å². The molecule has 2 aliphatic heterocycles. The zero-order valence-electron chi connectivity index (χ0n) is 27.9. The second kappa shape index (κ2) is 15.0. The average Bonchev–Trinajstić information content (AvgIpc) is 3.46. The van der Waals surface area contributed by atoms with Gasteiger partial charge in [-0.05, 0) is 66.1 Å². The fourth-order valence-corrected chi connectivity index (χ4v) is 11.7. The molecule has 0 saturated carbocycles. The summed E-state index contributed by atoms with van der Waals surface area (Å²) in [5.41, 5.74) is 1.17. The number of rotatable bonds is 13. The second-order valence-corrected chi connectivity index (χ2v) is 19.2. The molecule has 2 fully saturated rings. The van der Waals surface area contributed by atoms with Gasteiger partial charge < -0.3 is 28.1 Å². The summed E-state index contributed by atoms with van der Waals surface area (Å²) in [6.07, 6.45) is 2.85. The lowest BCUT2D eigenvalue weighted by atomic mass is 10.00. The lowest BCUT2D eigenvalue weighted by Gasteiger charge is -2.43. The summed E-state index contributed by atoms with van der Waals surface area (Å²) in [7, 11) is -2.82. The van der Waals surface area contributed by atoms with Gasteiger partial charge >= 0.3 is 0 Å². The van der Waals surface area contributed by atoms with Gasteiger partial charge in [0.05, 0.1) is 13.2 Å². The van der Waals surface area contributed by atoms with Crippen LogP contribution in [0.2, 0.25) is 5.04 Å². The molecule has 46 heavy (non-hydrogen) atoms. The molecule has 9 heteroatoms. The molecule has 3 aromatic carbocycles. The minimum Gasteiger partial charge on any atom is -0.469 e. The highest BCUT2D eigenvalue weighted by Gasteiger charge is 2.66. The van der Waals surface area contributed by atoms with Gasteiger partial charge in [0.25, 0.3) is 8.32 Å². The maximum atomic E-state index is 7.31. The fraction of sp³-hybridized carbons (Fsp3) is 0.486. The van der Waals surface area contributed by atoms with Gasteiger partial charge in [-0.1, -0.05) is 124 Å². The van der Waals surface area contributed by atoms with Crippen molar-refractivity contribution in [1.82, 2.24) is 0 Å². The summed E-state index contributed by atoms with van der Waals surface area (Å²) in [6.45, 7) is 12.2. The van der Waals surface area contributed by atoms with Gasteiger partial charge in [-0.2, -0.15) is 0 Å². The third-order valence-electron chi connectivity index (χ3n) is 8.73. The van der Waals surface area contributed by atoms with Gasteiger partial charge in [0.15, 0.2) is 18.0 Å². The van der Waals surface area contributed by atoms with Crippen LogP contribution in [0, 0.1) is 0 Å². The van der Waals surface area contributed by atoms with Crippen molar-refractivity contribution in [2.45, 2.75) is 95.4 Å². The first-order chi connectivity index (χ1) is 22.0. The van der Waals surface area contributed by atoms with Crippen molar-refractivity contribution in [3.63, 3.8) is 0 Å². The van der Waals surface area contributed by atoms with Crippen LogP contribution in [0.1, 0.15) is 59.4 Å². The molecule has 0 aromatic heterocycles. The first kappa shape index (κ1) is 35.2. The topological polar surface area (TPSA) is 55.4 Å². The molecule has 5 rings (SSSR count). The Morgan fingerprint density at radius 1 is 0.870 bits per heavy atom. The molecule has 2 saturated heterocycles. The summed E-state index contributed by atoms with van der Waals surface area (Å²) in [5.74, 6) is -1.82. The third-order valence-corrected chi connectivity index (χ3v) is 14.8. The van der Waals surface area contributed by atoms with E-state index in [1.807, 2.05) is 38.3 Å². The van der Waals surface area contributed by atoms with E-state index >= 15 is 0 Å². The summed E-state index contributed by atoms with van der Waals surface area (Å²) >= 11 is 6.99. The van der Waals surface area contributed by atoms with E-state index in [4.69, 9.17) is 40.3 Å². The summed E-state index contributed by atoms with van der Waals surface area (Å²) in [5, 5.41) is 2.24. The van der Waals surface area contributed by atoms with Crippen molar-refractivity contribution in [3.05, 3.63) is 96.6 Å². The predicted molar refractivity (Wildman–Crippen MR) is 192 cm³/mol. The summed E-state index contributed by atoms with van der Waals surface area (Å²) < 4.78 is 40.3. The van der Waals surface area contributed by atoms with Crippen LogP contribution in [0.4, 0.5) is 0 Å². The Bertz CT molecular complexity index is 1360. The van der Waals surface area contributed by atoms with Crippen LogP contribution in [0.25, 0.3) is 0 Å². The first-order valence-corrected chi connectivity index (χ1v) is 19.7. The fourth-order valence-electron chi connectivity index (χ4n) is 6.81. The van der Waals surface area contributed by atoms with Crippen molar-refractivity contribution in [2.75, 3.05) is 19.5 Å². The monoisotopic (exact) mass is 680 g/mol.